The van der Waals surface area contributed by atoms with Crippen LogP contribution in [0.2, 0.25) is 0 Å². The van der Waals surface area contributed by atoms with E-state index in [4.69, 9.17) is 9.47 Å². The van der Waals surface area contributed by atoms with E-state index >= 15 is 0 Å². The lowest BCUT2D eigenvalue weighted by Crippen LogP contribution is -2.30. The van der Waals surface area contributed by atoms with Crippen molar-refractivity contribution in [3.05, 3.63) is 53.8 Å². The molecular weight excluding hydrogens is 363 g/mol. The Morgan fingerprint density at radius 2 is 1.81 bits per heavy atom. The highest BCUT2D eigenvalue weighted by atomic mass is 32.2. The van der Waals surface area contributed by atoms with Gasteiger partial charge in [0.25, 0.3) is 0 Å². The second kappa shape index (κ2) is 7.71. The quantitative estimate of drug-likeness (QED) is 0.760. The number of hydrogen-bond acceptors (Lipinski definition) is 5. The molecule has 1 heterocycles. The molecule has 0 atom stereocenters. The number of halogens is 1. The number of carbonyl (C=O) groups excluding carboxylic acids is 1. The van der Waals surface area contributed by atoms with Crippen molar-refractivity contribution in [1.29, 1.82) is 0 Å². The first-order chi connectivity index (χ1) is 12.4. The van der Waals surface area contributed by atoms with Gasteiger partial charge in [-0.15, -0.1) is 0 Å². The van der Waals surface area contributed by atoms with Gasteiger partial charge in [-0.05, 0) is 42.0 Å². The number of rotatable bonds is 7. The molecular formula is C17H17FN2O5S. The molecule has 0 radical (unpaired) electrons. The number of sulfonamides is 1. The van der Waals surface area contributed by atoms with E-state index < -0.39 is 15.8 Å². The summed E-state index contributed by atoms with van der Waals surface area (Å²) >= 11 is 0. The standard InChI is InChI=1S/C17H17FN2O5S/c18-13-2-4-14(5-3-13)26(22,23)20-8-7-17(21)19-10-12-1-6-15-16(9-12)25-11-24-15/h1-6,9,20H,7-8,10-11H2,(H,19,21). The first-order valence-corrected chi connectivity index (χ1v) is 9.33. The molecule has 1 aliphatic rings. The fourth-order valence-corrected chi connectivity index (χ4v) is 3.37. The molecule has 26 heavy (non-hydrogen) atoms. The fraction of sp³-hybridized carbons (Fsp3) is 0.235. The molecule has 2 aromatic rings. The third-order valence-electron chi connectivity index (χ3n) is 3.69. The molecule has 0 unspecified atom stereocenters. The molecule has 1 amide bonds. The number of fused-ring (bicyclic) bond motifs is 1. The molecule has 0 spiro atoms. The van der Waals surface area contributed by atoms with Crippen molar-refractivity contribution in [2.45, 2.75) is 17.9 Å². The molecule has 2 aromatic carbocycles. The number of hydrogen-bond donors (Lipinski definition) is 2. The number of ether oxygens (including phenoxy) is 2. The van der Waals surface area contributed by atoms with Gasteiger partial charge in [0.1, 0.15) is 5.82 Å². The highest BCUT2D eigenvalue weighted by Gasteiger charge is 2.15. The Bertz CT molecular complexity index is 900. The van der Waals surface area contributed by atoms with E-state index in [9.17, 15) is 17.6 Å². The summed E-state index contributed by atoms with van der Waals surface area (Å²) in [6, 6.07) is 9.81. The van der Waals surface area contributed by atoms with Crippen molar-refractivity contribution < 1.29 is 27.1 Å². The van der Waals surface area contributed by atoms with Crippen LogP contribution in [0, 0.1) is 5.82 Å². The Morgan fingerprint density at radius 3 is 2.58 bits per heavy atom. The molecule has 0 saturated carbocycles. The Labute approximate surface area is 150 Å². The Hall–Kier alpha value is -2.65. The Kier molecular flexibility index (Phi) is 5.38. The number of nitrogens with one attached hydrogen (secondary N) is 2. The molecule has 1 aliphatic heterocycles. The van der Waals surface area contributed by atoms with Crippen LogP contribution in [0.25, 0.3) is 0 Å². The summed E-state index contributed by atoms with van der Waals surface area (Å²) < 4.78 is 49.7. The monoisotopic (exact) mass is 380 g/mol. The summed E-state index contributed by atoms with van der Waals surface area (Å²) in [6.45, 7) is 0.409. The van der Waals surface area contributed by atoms with E-state index in [1.807, 2.05) is 6.07 Å². The number of amides is 1. The van der Waals surface area contributed by atoms with Gasteiger partial charge in [-0.2, -0.15) is 0 Å². The molecule has 0 aromatic heterocycles. The van der Waals surface area contributed by atoms with E-state index in [0.717, 1.165) is 29.8 Å². The number of benzene rings is 2. The fourth-order valence-electron chi connectivity index (χ4n) is 2.34. The van der Waals surface area contributed by atoms with Crippen LogP contribution in [-0.2, 0) is 21.4 Å². The first kappa shape index (κ1) is 18.2. The van der Waals surface area contributed by atoms with Gasteiger partial charge in [0.15, 0.2) is 11.5 Å². The van der Waals surface area contributed by atoms with E-state index in [1.54, 1.807) is 12.1 Å². The highest BCUT2D eigenvalue weighted by Crippen LogP contribution is 2.32. The number of carbonyl (C=O) groups is 1. The van der Waals surface area contributed by atoms with E-state index in [2.05, 4.69) is 10.0 Å². The molecule has 0 bridgehead atoms. The summed E-state index contributed by atoms with van der Waals surface area (Å²) in [5, 5.41) is 2.70. The normalized spacial score (nSPS) is 12.8. The molecule has 9 heteroatoms. The van der Waals surface area contributed by atoms with Gasteiger partial charge >= 0.3 is 0 Å². The van der Waals surface area contributed by atoms with Crippen molar-refractivity contribution in [3.8, 4) is 11.5 Å². The molecule has 0 fully saturated rings. The third-order valence-corrected chi connectivity index (χ3v) is 5.17. The van der Waals surface area contributed by atoms with Crippen LogP contribution in [-0.4, -0.2) is 27.7 Å². The zero-order valence-electron chi connectivity index (χ0n) is 13.7. The lowest BCUT2D eigenvalue weighted by atomic mass is 10.2. The molecule has 138 valence electrons. The minimum absolute atomic E-state index is 0.0228. The van der Waals surface area contributed by atoms with Gasteiger partial charge in [-0.3, -0.25) is 4.79 Å². The Morgan fingerprint density at radius 1 is 1.08 bits per heavy atom. The van der Waals surface area contributed by atoms with Crippen LogP contribution < -0.4 is 19.5 Å². The molecule has 2 N–H and O–H groups in total. The Balaban J connectivity index is 1.44. The highest BCUT2D eigenvalue weighted by molar-refractivity contribution is 7.89. The maximum absolute atomic E-state index is 12.8. The minimum atomic E-state index is -3.77. The smallest absolute Gasteiger partial charge is 0.240 e. The zero-order chi connectivity index (χ0) is 18.6. The summed E-state index contributed by atoms with van der Waals surface area (Å²) in [5.41, 5.74) is 0.842. The first-order valence-electron chi connectivity index (χ1n) is 7.84. The molecule has 0 saturated heterocycles. The summed E-state index contributed by atoms with van der Waals surface area (Å²) in [6.07, 6.45) is -0.0228. The summed E-state index contributed by atoms with van der Waals surface area (Å²) in [4.78, 5) is 11.8. The topological polar surface area (TPSA) is 93.7 Å². The van der Waals surface area contributed by atoms with Gasteiger partial charge in [-0.25, -0.2) is 17.5 Å². The molecule has 0 aliphatic carbocycles. The van der Waals surface area contributed by atoms with Gasteiger partial charge in [0, 0.05) is 19.5 Å². The van der Waals surface area contributed by atoms with E-state index in [0.29, 0.717) is 18.0 Å². The summed E-state index contributed by atoms with van der Waals surface area (Å²) in [5.74, 6) is 0.468. The average Bonchev–Trinajstić information content (AvgIpc) is 3.08. The second-order valence-electron chi connectivity index (χ2n) is 5.57. The van der Waals surface area contributed by atoms with Crippen molar-refractivity contribution in [1.82, 2.24) is 10.0 Å². The summed E-state index contributed by atoms with van der Waals surface area (Å²) in [7, 11) is -3.77. The van der Waals surface area contributed by atoms with Crippen molar-refractivity contribution >= 4 is 15.9 Å². The van der Waals surface area contributed by atoms with Crippen LogP contribution in [0.15, 0.2) is 47.4 Å². The van der Waals surface area contributed by atoms with Gasteiger partial charge < -0.3 is 14.8 Å². The maximum atomic E-state index is 12.8. The van der Waals surface area contributed by atoms with E-state index in [-0.39, 0.29) is 30.6 Å². The minimum Gasteiger partial charge on any atom is -0.454 e. The van der Waals surface area contributed by atoms with Crippen LogP contribution in [0.4, 0.5) is 4.39 Å². The van der Waals surface area contributed by atoms with Crippen LogP contribution >= 0.6 is 0 Å². The van der Waals surface area contributed by atoms with Gasteiger partial charge in [0.2, 0.25) is 22.7 Å². The lowest BCUT2D eigenvalue weighted by Gasteiger charge is -2.08. The predicted octanol–water partition coefficient (Wildman–Crippen LogP) is 1.54. The average molecular weight is 380 g/mol. The lowest BCUT2D eigenvalue weighted by molar-refractivity contribution is -0.121. The van der Waals surface area contributed by atoms with Crippen LogP contribution in [0.5, 0.6) is 11.5 Å². The van der Waals surface area contributed by atoms with E-state index in [1.165, 1.54) is 0 Å². The van der Waals surface area contributed by atoms with Crippen molar-refractivity contribution in [2.75, 3.05) is 13.3 Å². The van der Waals surface area contributed by atoms with Gasteiger partial charge in [0.05, 0.1) is 4.90 Å². The maximum Gasteiger partial charge on any atom is 0.240 e. The van der Waals surface area contributed by atoms with Crippen LogP contribution in [0.3, 0.4) is 0 Å². The largest absolute Gasteiger partial charge is 0.454 e. The third kappa shape index (κ3) is 4.50. The van der Waals surface area contributed by atoms with Crippen LogP contribution in [0.1, 0.15) is 12.0 Å². The molecule has 7 nitrogen and oxygen atoms in total. The molecule has 3 rings (SSSR count). The zero-order valence-corrected chi connectivity index (χ0v) is 14.5. The van der Waals surface area contributed by atoms with Gasteiger partial charge in [-0.1, -0.05) is 6.07 Å². The SMILES string of the molecule is O=C(CCNS(=O)(=O)c1ccc(F)cc1)NCc1ccc2c(c1)OCO2. The second-order valence-corrected chi connectivity index (χ2v) is 7.33. The van der Waals surface area contributed by atoms with Crippen molar-refractivity contribution in [3.63, 3.8) is 0 Å². The van der Waals surface area contributed by atoms with Crippen molar-refractivity contribution in [2.24, 2.45) is 0 Å². The predicted molar refractivity (Wildman–Crippen MR) is 90.6 cm³/mol.